The summed E-state index contributed by atoms with van der Waals surface area (Å²) in [6, 6.07) is 10.7. The Morgan fingerprint density at radius 2 is 1.78 bits per heavy atom. The summed E-state index contributed by atoms with van der Waals surface area (Å²) in [5.74, 6) is 0.890. The van der Waals surface area contributed by atoms with Crippen molar-refractivity contribution >= 4 is 33.2 Å². The second-order valence-corrected chi connectivity index (χ2v) is 8.66. The van der Waals surface area contributed by atoms with Gasteiger partial charge in [-0.2, -0.15) is 0 Å². The second kappa shape index (κ2) is 7.66. The van der Waals surface area contributed by atoms with Crippen LogP contribution in [-0.4, -0.2) is 51.9 Å². The van der Waals surface area contributed by atoms with Crippen LogP contribution in [0.2, 0.25) is 5.02 Å². The Kier molecular flexibility index (Phi) is 5.48. The van der Waals surface area contributed by atoms with E-state index in [-0.39, 0.29) is 18.0 Å². The van der Waals surface area contributed by atoms with Gasteiger partial charge in [0, 0.05) is 18.1 Å². The van der Waals surface area contributed by atoms with E-state index in [0.29, 0.717) is 22.2 Å². The molecule has 2 aromatic rings. The Morgan fingerprint density at radius 3 is 2.37 bits per heavy atom. The van der Waals surface area contributed by atoms with Gasteiger partial charge in [-0.1, -0.05) is 17.7 Å². The topological polar surface area (TPSA) is 84.9 Å². The zero-order valence-corrected chi connectivity index (χ0v) is 16.4. The lowest BCUT2D eigenvalue weighted by molar-refractivity contribution is 0.182. The van der Waals surface area contributed by atoms with Crippen molar-refractivity contribution in [3.05, 3.63) is 47.5 Å². The van der Waals surface area contributed by atoms with Crippen molar-refractivity contribution in [1.82, 2.24) is 4.90 Å². The van der Waals surface area contributed by atoms with E-state index in [0.717, 1.165) is 0 Å². The van der Waals surface area contributed by atoms with Gasteiger partial charge in [0.05, 0.1) is 24.8 Å². The van der Waals surface area contributed by atoms with Gasteiger partial charge in [-0.15, -0.1) is 0 Å². The largest absolute Gasteiger partial charge is 0.493 e. The van der Waals surface area contributed by atoms with Crippen molar-refractivity contribution in [2.45, 2.75) is 10.1 Å². The van der Waals surface area contributed by atoms with Gasteiger partial charge in [-0.25, -0.2) is 13.2 Å². The minimum atomic E-state index is -3.51. The smallest absolute Gasteiger partial charge is 0.322 e. The van der Waals surface area contributed by atoms with Crippen molar-refractivity contribution in [2.75, 3.05) is 32.6 Å². The quantitative estimate of drug-likeness (QED) is 0.818. The average Bonchev–Trinajstić information content (AvgIpc) is 2.60. The third-order valence-corrected chi connectivity index (χ3v) is 6.72. The number of ether oxygens (including phenoxy) is 2. The molecule has 0 bridgehead atoms. The van der Waals surface area contributed by atoms with Crippen LogP contribution in [0.4, 0.5) is 10.5 Å². The van der Waals surface area contributed by atoms with Gasteiger partial charge in [0.15, 0.2) is 21.3 Å². The lowest BCUT2D eigenvalue weighted by atomic mass is 10.2. The van der Waals surface area contributed by atoms with E-state index in [4.69, 9.17) is 21.1 Å². The van der Waals surface area contributed by atoms with Crippen molar-refractivity contribution in [3.63, 3.8) is 0 Å². The number of amides is 2. The first-order valence-corrected chi connectivity index (χ1v) is 10.1. The molecule has 9 heteroatoms. The van der Waals surface area contributed by atoms with Crippen molar-refractivity contribution in [2.24, 2.45) is 0 Å². The third kappa shape index (κ3) is 3.81. The van der Waals surface area contributed by atoms with Crippen LogP contribution in [0.3, 0.4) is 0 Å². The van der Waals surface area contributed by atoms with Crippen LogP contribution in [0.5, 0.6) is 11.5 Å². The summed E-state index contributed by atoms with van der Waals surface area (Å²) in [5.41, 5.74) is 0.450. The van der Waals surface area contributed by atoms with Crippen LogP contribution in [0, 0.1) is 0 Å². The molecule has 0 aliphatic carbocycles. The number of carbonyl (C=O) groups is 1. The zero-order valence-electron chi connectivity index (χ0n) is 14.8. The highest BCUT2D eigenvalue weighted by Gasteiger charge is 2.40. The van der Waals surface area contributed by atoms with E-state index in [1.807, 2.05) is 0 Å². The Labute approximate surface area is 162 Å². The maximum absolute atomic E-state index is 12.6. The maximum Gasteiger partial charge on any atom is 0.322 e. The molecular weight excluding hydrogens is 392 g/mol. The molecule has 27 heavy (non-hydrogen) atoms. The molecule has 2 amide bonds. The first kappa shape index (κ1) is 19.3. The van der Waals surface area contributed by atoms with Crippen LogP contribution < -0.4 is 14.8 Å². The first-order chi connectivity index (χ1) is 12.9. The Morgan fingerprint density at radius 1 is 1.11 bits per heavy atom. The summed E-state index contributed by atoms with van der Waals surface area (Å²) in [7, 11) is -0.524. The molecule has 144 valence electrons. The molecule has 0 spiro atoms. The monoisotopic (exact) mass is 410 g/mol. The fourth-order valence-corrected chi connectivity index (χ4v) is 4.58. The zero-order chi connectivity index (χ0) is 19.6. The van der Waals surface area contributed by atoms with Gasteiger partial charge in [0.25, 0.3) is 0 Å². The number of benzene rings is 2. The summed E-state index contributed by atoms with van der Waals surface area (Å²) < 4.78 is 35.7. The van der Waals surface area contributed by atoms with E-state index in [9.17, 15) is 13.2 Å². The summed E-state index contributed by atoms with van der Waals surface area (Å²) >= 11 is 5.80. The summed E-state index contributed by atoms with van der Waals surface area (Å²) in [5, 5.41) is 2.55. The maximum atomic E-state index is 12.6. The minimum Gasteiger partial charge on any atom is -0.493 e. The second-order valence-electron chi connectivity index (χ2n) is 6.00. The molecule has 0 aromatic heterocycles. The van der Waals surface area contributed by atoms with Crippen LogP contribution in [0.25, 0.3) is 0 Å². The molecule has 3 rings (SSSR count). The van der Waals surface area contributed by atoms with E-state index >= 15 is 0 Å². The van der Waals surface area contributed by atoms with E-state index in [1.165, 1.54) is 43.4 Å². The molecule has 0 saturated carbocycles. The number of nitrogens with one attached hydrogen (secondary N) is 1. The van der Waals surface area contributed by atoms with Crippen molar-refractivity contribution in [3.8, 4) is 11.5 Å². The third-order valence-electron chi connectivity index (χ3n) is 4.36. The predicted molar refractivity (Wildman–Crippen MR) is 103 cm³/mol. The number of halogens is 1. The molecule has 2 aromatic carbocycles. The molecule has 1 aliphatic rings. The molecule has 0 atom stereocenters. The van der Waals surface area contributed by atoms with Crippen molar-refractivity contribution in [1.29, 1.82) is 0 Å². The van der Waals surface area contributed by atoms with Gasteiger partial charge in [0.2, 0.25) is 0 Å². The number of nitrogens with zero attached hydrogens (tertiary/aromatic N) is 1. The Balaban J connectivity index is 1.66. The lowest BCUT2D eigenvalue weighted by Crippen LogP contribution is -2.58. The number of hydrogen-bond acceptors (Lipinski definition) is 5. The molecule has 0 radical (unpaired) electrons. The highest BCUT2D eigenvalue weighted by atomic mass is 35.5. The summed E-state index contributed by atoms with van der Waals surface area (Å²) in [4.78, 5) is 14.1. The number of likely N-dealkylation sites (tertiary alicyclic amines) is 1. The van der Waals surface area contributed by atoms with E-state index in [1.54, 1.807) is 18.2 Å². The van der Waals surface area contributed by atoms with Crippen LogP contribution in [-0.2, 0) is 9.84 Å². The SMILES string of the molecule is COc1cccc(NC(=O)N2CC(S(=O)(=O)c3ccc(Cl)cc3)C2)c1OC. The number of urea groups is 1. The van der Waals surface area contributed by atoms with Gasteiger partial charge in [0.1, 0.15) is 5.25 Å². The number of para-hydroxylation sites is 1. The lowest BCUT2D eigenvalue weighted by Gasteiger charge is -2.38. The normalized spacial score (nSPS) is 14.4. The number of rotatable bonds is 5. The Bertz CT molecular complexity index is 941. The standard InChI is InChI=1S/C18H19ClN2O5S/c1-25-16-5-3-4-15(17(16)26-2)20-18(22)21-10-14(11-21)27(23,24)13-8-6-12(19)7-9-13/h3-9,14H,10-11H2,1-2H3,(H,20,22). The highest BCUT2D eigenvalue weighted by molar-refractivity contribution is 7.92. The summed E-state index contributed by atoms with van der Waals surface area (Å²) in [6.07, 6.45) is 0. The van der Waals surface area contributed by atoms with Gasteiger partial charge in [-0.3, -0.25) is 0 Å². The number of carbonyl (C=O) groups excluding carboxylic acids is 1. The van der Waals surface area contributed by atoms with E-state index in [2.05, 4.69) is 5.32 Å². The molecule has 1 aliphatic heterocycles. The van der Waals surface area contributed by atoms with Crippen LogP contribution >= 0.6 is 11.6 Å². The summed E-state index contributed by atoms with van der Waals surface area (Å²) in [6.45, 7) is 0.228. The number of anilines is 1. The highest BCUT2D eigenvalue weighted by Crippen LogP contribution is 2.35. The molecule has 1 heterocycles. The van der Waals surface area contributed by atoms with E-state index < -0.39 is 21.1 Å². The predicted octanol–water partition coefficient (Wildman–Crippen LogP) is 3.05. The molecule has 1 fully saturated rings. The van der Waals surface area contributed by atoms with Gasteiger partial charge < -0.3 is 19.7 Å². The number of sulfone groups is 1. The number of hydrogen-bond donors (Lipinski definition) is 1. The molecule has 7 nitrogen and oxygen atoms in total. The molecular formula is C18H19ClN2O5S. The average molecular weight is 411 g/mol. The van der Waals surface area contributed by atoms with Crippen molar-refractivity contribution < 1.29 is 22.7 Å². The van der Waals surface area contributed by atoms with Gasteiger partial charge >= 0.3 is 6.03 Å². The Hall–Kier alpha value is -2.45. The fraction of sp³-hybridized carbons (Fsp3) is 0.278. The van der Waals surface area contributed by atoms with Gasteiger partial charge in [-0.05, 0) is 36.4 Å². The van der Waals surface area contributed by atoms with Crippen LogP contribution in [0.15, 0.2) is 47.4 Å². The fourth-order valence-electron chi connectivity index (χ4n) is 2.80. The number of methoxy groups -OCH3 is 2. The van der Waals surface area contributed by atoms with Crippen LogP contribution in [0.1, 0.15) is 0 Å². The minimum absolute atomic E-state index is 0.114. The first-order valence-electron chi connectivity index (χ1n) is 8.13. The molecule has 1 N–H and O–H groups in total. The molecule has 0 unspecified atom stereocenters. The molecule has 1 saturated heterocycles.